The van der Waals surface area contributed by atoms with Crippen LogP contribution in [-0.4, -0.2) is 37.1 Å². The van der Waals surface area contributed by atoms with E-state index in [0.717, 1.165) is 6.42 Å². The van der Waals surface area contributed by atoms with Crippen molar-refractivity contribution < 1.29 is 9.53 Å². The van der Waals surface area contributed by atoms with Gasteiger partial charge in [0, 0.05) is 11.1 Å². The predicted molar refractivity (Wildman–Crippen MR) is 58.2 cm³/mol. The van der Waals surface area contributed by atoms with E-state index in [-0.39, 0.29) is 11.5 Å². The van der Waals surface area contributed by atoms with Crippen molar-refractivity contribution in [3.05, 3.63) is 12.2 Å². The molecule has 0 saturated heterocycles. The lowest BCUT2D eigenvalue weighted by molar-refractivity contribution is -0.139. The highest BCUT2D eigenvalue weighted by Gasteiger charge is 2.20. The van der Waals surface area contributed by atoms with Gasteiger partial charge in [0.1, 0.15) is 0 Å². The van der Waals surface area contributed by atoms with Crippen LogP contribution in [0.1, 0.15) is 27.2 Å². The number of hydrogen-bond donors (Lipinski definition) is 0. The van der Waals surface area contributed by atoms with Crippen molar-refractivity contribution in [2.45, 2.75) is 32.7 Å². The van der Waals surface area contributed by atoms with Crippen LogP contribution in [0.25, 0.3) is 0 Å². The fourth-order valence-corrected chi connectivity index (χ4v) is 0.740. The molecule has 0 aliphatic rings. The van der Waals surface area contributed by atoms with Crippen LogP contribution in [0.5, 0.6) is 0 Å². The van der Waals surface area contributed by atoms with Crippen LogP contribution in [0.2, 0.25) is 0 Å². The van der Waals surface area contributed by atoms with Gasteiger partial charge in [0.25, 0.3) is 0 Å². The van der Waals surface area contributed by atoms with Crippen molar-refractivity contribution in [3.63, 3.8) is 0 Å². The maximum Gasteiger partial charge on any atom is 0.333 e. The Bertz CT molecular complexity index is 219. The Morgan fingerprint density at radius 3 is 2.29 bits per heavy atom. The van der Waals surface area contributed by atoms with Crippen molar-refractivity contribution in [3.8, 4) is 0 Å². The Morgan fingerprint density at radius 2 is 1.93 bits per heavy atom. The third kappa shape index (κ3) is 4.42. The molecular formula is C11H21NO2. The number of carbonyl (C=O) groups excluding carboxylic acids is 1. The summed E-state index contributed by atoms with van der Waals surface area (Å²) in [5, 5.41) is 0. The molecule has 0 N–H and O–H groups in total. The van der Waals surface area contributed by atoms with Gasteiger partial charge in [-0.15, -0.1) is 0 Å². The first-order valence-corrected chi connectivity index (χ1v) is 4.77. The number of nitrogens with zero attached hydrogens (tertiary/aromatic N) is 1. The smallest absolute Gasteiger partial charge is 0.333 e. The van der Waals surface area contributed by atoms with Crippen molar-refractivity contribution in [2.75, 3.05) is 20.7 Å². The molecule has 0 bridgehead atoms. The van der Waals surface area contributed by atoms with Gasteiger partial charge in [-0.3, -0.25) is 0 Å². The van der Waals surface area contributed by atoms with E-state index in [1.165, 1.54) is 0 Å². The molecule has 0 saturated carbocycles. The summed E-state index contributed by atoms with van der Waals surface area (Å²) in [5.41, 5.74) is 0.502. The van der Waals surface area contributed by atoms with Crippen LogP contribution < -0.4 is 0 Å². The lowest BCUT2D eigenvalue weighted by Crippen LogP contribution is -2.39. The Morgan fingerprint density at radius 1 is 1.43 bits per heavy atom. The molecule has 0 aromatic rings. The van der Waals surface area contributed by atoms with Crippen LogP contribution in [0.4, 0.5) is 0 Å². The highest BCUT2D eigenvalue weighted by Crippen LogP contribution is 2.14. The number of esters is 1. The molecule has 0 rings (SSSR count). The Kier molecular flexibility index (Phi) is 4.85. The fourth-order valence-electron chi connectivity index (χ4n) is 0.740. The maximum absolute atomic E-state index is 11.1. The zero-order valence-corrected chi connectivity index (χ0v) is 9.89. The van der Waals surface area contributed by atoms with Gasteiger partial charge >= 0.3 is 5.97 Å². The molecule has 3 nitrogen and oxygen atoms in total. The van der Waals surface area contributed by atoms with Crippen LogP contribution in [0.3, 0.4) is 0 Å². The van der Waals surface area contributed by atoms with Gasteiger partial charge < -0.3 is 9.64 Å². The molecule has 3 heteroatoms. The van der Waals surface area contributed by atoms with Gasteiger partial charge in [-0.1, -0.05) is 6.58 Å². The van der Waals surface area contributed by atoms with Gasteiger partial charge in [0.05, 0.1) is 6.61 Å². The summed E-state index contributed by atoms with van der Waals surface area (Å²) in [6.07, 6.45) is 0.818. The van der Waals surface area contributed by atoms with Crippen molar-refractivity contribution in [1.82, 2.24) is 4.90 Å². The summed E-state index contributed by atoms with van der Waals surface area (Å²) in [6.45, 7) is 9.84. The minimum Gasteiger partial charge on any atom is -0.462 e. The van der Waals surface area contributed by atoms with Crippen LogP contribution in [0.15, 0.2) is 12.2 Å². The lowest BCUT2D eigenvalue weighted by atomic mass is 10.0. The molecule has 0 aromatic carbocycles. The van der Waals surface area contributed by atoms with Crippen molar-refractivity contribution in [1.29, 1.82) is 0 Å². The van der Waals surface area contributed by atoms with E-state index < -0.39 is 0 Å². The monoisotopic (exact) mass is 199 g/mol. The summed E-state index contributed by atoms with van der Waals surface area (Å²) < 4.78 is 5.02. The lowest BCUT2D eigenvalue weighted by Gasteiger charge is -2.32. The second kappa shape index (κ2) is 5.15. The molecule has 0 aliphatic heterocycles. The minimum atomic E-state index is -0.306. The average molecular weight is 199 g/mol. The first kappa shape index (κ1) is 13.2. The van der Waals surface area contributed by atoms with Gasteiger partial charge in [-0.25, -0.2) is 4.79 Å². The van der Waals surface area contributed by atoms with Crippen molar-refractivity contribution >= 4 is 5.97 Å². The van der Waals surface area contributed by atoms with Crippen LogP contribution in [-0.2, 0) is 9.53 Å². The van der Waals surface area contributed by atoms with Crippen molar-refractivity contribution in [2.24, 2.45) is 0 Å². The Hall–Kier alpha value is -0.830. The predicted octanol–water partition coefficient (Wildman–Crippen LogP) is 1.84. The SMILES string of the molecule is C=C(C)C(=O)OCCC(C)(C)N(C)C. The zero-order chi connectivity index (χ0) is 11.4. The second-order valence-electron chi connectivity index (χ2n) is 4.37. The molecule has 0 radical (unpaired) electrons. The highest BCUT2D eigenvalue weighted by atomic mass is 16.5. The zero-order valence-electron chi connectivity index (χ0n) is 9.89. The average Bonchev–Trinajstić information content (AvgIpc) is 2.03. The quantitative estimate of drug-likeness (QED) is 0.500. The van der Waals surface area contributed by atoms with E-state index in [9.17, 15) is 4.79 Å². The van der Waals surface area contributed by atoms with E-state index >= 15 is 0 Å². The Balaban J connectivity index is 3.85. The van der Waals surface area contributed by atoms with E-state index in [1.807, 2.05) is 14.1 Å². The molecule has 0 aliphatic carbocycles. The van der Waals surface area contributed by atoms with Gasteiger partial charge in [0.2, 0.25) is 0 Å². The van der Waals surface area contributed by atoms with Gasteiger partial charge in [0.15, 0.2) is 0 Å². The molecule has 0 unspecified atom stereocenters. The van der Waals surface area contributed by atoms with Crippen LogP contribution >= 0.6 is 0 Å². The Labute approximate surface area is 86.7 Å². The second-order valence-corrected chi connectivity index (χ2v) is 4.37. The number of hydrogen-bond acceptors (Lipinski definition) is 3. The van der Waals surface area contributed by atoms with E-state index in [0.29, 0.717) is 12.2 Å². The van der Waals surface area contributed by atoms with Gasteiger partial charge in [-0.2, -0.15) is 0 Å². The normalized spacial score (nSPS) is 11.6. The minimum absolute atomic E-state index is 0.0509. The standard InChI is InChI=1S/C11H21NO2/c1-9(2)10(13)14-8-7-11(3,4)12(5)6/h1,7-8H2,2-6H3. The molecule has 82 valence electrons. The molecule has 0 spiro atoms. The molecule has 14 heavy (non-hydrogen) atoms. The summed E-state index contributed by atoms with van der Waals surface area (Å²) >= 11 is 0. The summed E-state index contributed by atoms with van der Waals surface area (Å²) in [4.78, 5) is 13.2. The molecule has 0 amide bonds. The molecule has 0 fully saturated rings. The summed E-state index contributed by atoms with van der Waals surface area (Å²) in [6, 6.07) is 0. The fraction of sp³-hybridized carbons (Fsp3) is 0.727. The molecule has 0 aromatic heterocycles. The first-order valence-electron chi connectivity index (χ1n) is 4.77. The first-order chi connectivity index (χ1) is 6.27. The topological polar surface area (TPSA) is 29.5 Å². The molecule has 0 heterocycles. The third-order valence-electron chi connectivity index (χ3n) is 2.51. The van der Waals surface area contributed by atoms with Crippen LogP contribution in [0, 0.1) is 0 Å². The summed E-state index contributed by atoms with van der Waals surface area (Å²) in [5.74, 6) is -0.306. The van der Waals surface area contributed by atoms with E-state index in [2.05, 4.69) is 25.3 Å². The molecule has 0 atom stereocenters. The maximum atomic E-state index is 11.1. The van der Waals surface area contributed by atoms with Gasteiger partial charge in [-0.05, 0) is 41.3 Å². The van der Waals surface area contributed by atoms with E-state index in [4.69, 9.17) is 4.74 Å². The summed E-state index contributed by atoms with van der Waals surface area (Å²) in [7, 11) is 4.03. The highest BCUT2D eigenvalue weighted by molar-refractivity contribution is 5.86. The number of rotatable bonds is 5. The van der Waals surface area contributed by atoms with E-state index in [1.54, 1.807) is 6.92 Å². The number of ether oxygens (including phenoxy) is 1. The number of carbonyl (C=O) groups is 1. The largest absolute Gasteiger partial charge is 0.462 e. The molecular weight excluding hydrogens is 178 g/mol. The third-order valence-corrected chi connectivity index (χ3v) is 2.51.